The van der Waals surface area contributed by atoms with Crippen LogP contribution in [0.2, 0.25) is 0 Å². The Hall–Kier alpha value is -0.250. The molecule has 0 aromatic carbocycles. The summed E-state index contributed by atoms with van der Waals surface area (Å²) in [6.45, 7) is 3.67. The normalized spacial score (nSPS) is 14.3. The van der Waals surface area contributed by atoms with Gasteiger partial charge in [-0.05, 0) is 19.9 Å². The molecule has 0 aliphatic rings. The molecular weight excluding hydrogens is 270 g/mol. The van der Waals surface area contributed by atoms with E-state index in [0.717, 1.165) is 0 Å². The maximum atomic E-state index is 12.5. The second kappa shape index (κ2) is 9.62. The Kier molecular flexibility index (Phi) is 9.50. The number of ether oxygens (including phenoxy) is 2. The minimum absolute atomic E-state index is 0.245. The maximum Gasteiger partial charge on any atom is 0.282 e. The highest BCUT2D eigenvalue weighted by molar-refractivity contribution is 7.86. The summed E-state index contributed by atoms with van der Waals surface area (Å²) in [5.74, 6) is 0. The van der Waals surface area contributed by atoms with E-state index in [1.54, 1.807) is 21.3 Å². The van der Waals surface area contributed by atoms with Gasteiger partial charge in [0.05, 0.1) is 13.2 Å². The predicted molar refractivity (Wildman–Crippen MR) is 75.1 cm³/mol. The van der Waals surface area contributed by atoms with Crippen LogP contribution >= 0.6 is 0 Å². The smallest absolute Gasteiger partial charge is 0.282 e. The van der Waals surface area contributed by atoms with Crippen LogP contribution in [0.5, 0.6) is 0 Å². The van der Waals surface area contributed by atoms with Gasteiger partial charge in [-0.2, -0.15) is 17.0 Å². The standard InChI is InChI=1S/C11H27N3O4S/c1-11(10-18-4)14(8-9-17-3)19(15,16)13(2)7-5-6-12/h11H,5-10,12H2,1-4H3. The lowest BCUT2D eigenvalue weighted by molar-refractivity contribution is 0.115. The summed E-state index contributed by atoms with van der Waals surface area (Å²) in [5, 5.41) is 0. The number of methoxy groups -OCH3 is 2. The van der Waals surface area contributed by atoms with Crippen molar-refractivity contribution in [3.8, 4) is 0 Å². The zero-order valence-corrected chi connectivity index (χ0v) is 13.1. The molecule has 0 amide bonds. The van der Waals surface area contributed by atoms with Crippen LogP contribution < -0.4 is 5.73 Å². The molecule has 7 nitrogen and oxygen atoms in total. The molecule has 0 radical (unpaired) electrons. The van der Waals surface area contributed by atoms with Crippen molar-refractivity contribution in [1.29, 1.82) is 0 Å². The summed E-state index contributed by atoms with van der Waals surface area (Å²) in [7, 11) is 1.14. The Morgan fingerprint density at radius 3 is 2.32 bits per heavy atom. The van der Waals surface area contributed by atoms with Crippen molar-refractivity contribution in [2.75, 3.05) is 54.1 Å². The van der Waals surface area contributed by atoms with Crippen LogP contribution in [-0.2, 0) is 19.7 Å². The highest BCUT2D eigenvalue weighted by atomic mass is 32.2. The molecule has 0 aliphatic carbocycles. The number of rotatable bonds is 11. The van der Waals surface area contributed by atoms with Crippen molar-refractivity contribution >= 4 is 10.2 Å². The van der Waals surface area contributed by atoms with E-state index in [0.29, 0.717) is 39.3 Å². The molecule has 2 N–H and O–H groups in total. The average Bonchev–Trinajstić information content (AvgIpc) is 2.36. The quantitative estimate of drug-likeness (QED) is 0.555. The largest absolute Gasteiger partial charge is 0.383 e. The molecule has 0 aliphatic heterocycles. The van der Waals surface area contributed by atoms with Gasteiger partial charge in [-0.15, -0.1) is 0 Å². The van der Waals surface area contributed by atoms with Gasteiger partial charge < -0.3 is 15.2 Å². The van der Waals surface area contributed by atoms with Gasteiger partial charge in [0, 0.05) is 40.4 Å². The summed E-state index contributed by atoms with van der Waals surface area (Å²) < 4.78 is 37.6. The van der Waals surface area contributed by atoms with Crippen LogP contribution in [0.15, 0.2) is 0 Å². The van der Waals surface area contributed by atoms with Crippen molar-refractivity contribution in [2.45, 2.75) is 19.4 Å². The number of nitrogens with two attached hydrogens (primary N) is 1. The number of hydrogen-bond acceptors (Lipinski definition) is 5. The lowest BCUT2D eigenvalue weighted by Crippen LogP contribution is -2.49. The first-order valence-corrected chi connectivity index (χ1v) is 7.72. The summed E-state index contributed by atoms with van der Waals surface area (Å²) in [6.07, 6.45) is 0.631. The molecular formula is C11H27N3O4S. The fourth-order valence-electron chi connectivity index (χ4n) is 1.68. The van der Waals surface area contributed by atoms with Crippen LogP contribution in [0.1, 0.15) is 13.3 Å². The van der Waals surface area contributed by atoms with Crippen molar-refractivity contribution in [3.05, 3.63) is 0 Å². The third-order valence-electron chi connectivity index (χ3n) is 2.78. The summed E-state index contributed by atoms with van der Waals surface area (Å²) in [4.78, 5) is 0. The Labute approximate surface area is 116 Å². The van der Waals surface area contributed by atoms with Gasteiger partial charge >= 0.3 is 0 Å². The van der Waals surface area contributed by atoms with Crippen molar-refractivity contribution in [3.63, 3.8) is 0 Å². The van der Waals surface area contributed by atoms with Gasteiger partial charge in [0.2, 0.25) is 0 Å². The third kappa shape index (κ3) is 6.15. The Bertz CT molecular complexity index is 324. The number of nitrogens with zero attached hydrogens (tertiary/aromatic N) is 2. The maximum absolute atomic E-state index is 12.5. The first kappa shape index (κ1) is 18.8. The summed E-state index contributed by atoms with van der Waals surface area (Å²) in [6, 6.07) is -0.245. The second-order valence-corrected chi connectivity index (χ2v) is 6.37. The van der Waals surface area contributed by atoms with E-state index in [4.69, 9.17) is 15.2 Å². The van der Waals surface area contributed by atoms with Crippen molar-refractivity contribution < 1.29 is 17.9 Å². The molecule has 0 rings (SSSR count). The summed E-state index contributed by atoms with van der Waals surface area (Å²) in [5.41, 5.74) is 5.41. The zero-order valence-electron chi connectivity index (χ0n) is 12.3. The Morgan fingerprint density at radius 1 is 1.21 bits per heavy atom. The Balaban J connectivity index is 4.88. The minimum atomic E-state index is -3.52. The highest BCUT2D eigenvalue weighted by Crippen LogP contribution is 2.12. The van der Waals surface area contributed by atoms with E-state index in [-0.39, 0.29) is 6.04 Å². The van der Waals surface area contributed by atoms with Gasteiger partial charge in [-0.25, -0.2) is 0 Å². The van der Waals surface area contributed by atoms with Gasteiger partial charge in [-0.1, -0.05) is 0 Å². The second-order valence-electron chi connectivity index (χ2n) is 4.38. The molecule has 1 unspecified atom stereocenters. The average molecular weight is 297 g/mol. The van der Waals surface area contributed by atoms with Crippen LogP contribution in [0.4, 0.5) is 0 Å². The van der Waals surface area contributed by atoms with Gasteiger partial charge in [-0.3, -0.25) is 0 Å². The van der Waals surface area contributed by atoms with Gasteiger partial charge in [0.1, 0.15) is 0 Å². The van der Waals surface area contributed by atoms with Gasteiger partial charge in [0.15, 0.2) is 0 Å². The fourth-order valence-corrected chi connectivity index (χ4v) is 3.22. The van der Waals surface area contributed by atoms with Crippen molar-refractivity contribution in [1.82, 2.24) is 8.61 Å². The first-order chi connectivity index (χ1) is 8.91. The molecule has 0 saturated carbocycles. The Morgan fingerprint density at radius 2 is 1.84 bits per heavy atom. The lowest BCUT2D eigenvalue weighted by atomic mass is 10.3. The monoisotopic (exact) mass is 297 g/mol. The molecule has 0 spiro atoms. The molecule has 0 aromatic rings. The van der Waals surface area contributed by atoms with E-state index >= 15 is 0 Å². The van der Waals surface area contributed by atoms with E-state index in [2.05, 4.69) is 0 Å². The molecule has 0 heterocycles. The SMILES string of the molecule is COCCN(C(C)COC)S(=O)(=O)N(C)CCCN. The fraction of sp³-hybridized carbons (Fsp3) is 1.00. The molecule has 19 heavy (non-hydrogen) atoms. The molecule has 0 fully saturated rings. The van der Waals surface area contributed by atoms with E-state index in [9.17, 15) is 8.42 Å². The zero-order chi connectivity index (χ0) is 14.9. The molecule has 116 valence electrons. The molecule has 0 aromatic heterocycles. The van der Waals surface area contributed by atoms with Crippen LogP contribution in [0.3, 0.4) is 0 Å². The van der Waals surface area contributed by atoms with E-state index in [1.165, 1.54) is 8.61 Å². The lowest BCUT2D eigenvalue weighted by Gasteiger charge is -2.31. The first-order valence-electron chi connectivity index (χ1n) is 6.32. The molecule has 0 bridgehead atoms. The van der Waals surface area contributed by atoms with E-state index in [1.807, 2.05) is 6.92 Å². The van der Waals surface area contributed by atoms with Gasteiger partial charge in [0.25, 0.3) is 10.2 Å². The van der Waals surface area contributed by atoms with Crippen LogP contribution in [0, 0.1) is 0 Å². The minimum Gasteiger partial charge on any atom is -0.383 e. The third-order valence-corrected chi connectivity index (χ3v) is 4.89. The summed E-state index contributed by atoms with van der Waals surface area (Å²) >= 11 is 0. The topological polar surface area (TPSA) is 85.1 Å². The molecule has 1 atom stereocenters. The van der Waals surface area contributed by atoms with Crippen LogP contribution in [-0.4, -0.2) is 77.2 Å². The molecule has 8 heteroatoms. The van der Waals surface area contributed by atoms with Crippen LogP contribution in [0.25, 0.3) is 0 Å². The number of hydrogen-bond donors (Lipinski definition) is 1. The van der Waals surface area contributed by atoms with E-state index < -0.39 is 10.2 Å². The predicted octanol–water partition coefficient (Wildman–Crippen LogP) is -0.505. The highest BCUT2D eigenvalue weighted by Gasteiger charge is 2.30. The van der Waals surface area contributed by atoms with Crippen molar-refractivity contribution in [2.24, 2.45) is 5.73 Å². The molecule has 0 saturated heterocycles.